The van der Waals surface area contributed by atoms with Crippen LogP contribution in [0, 0.1) is 0 Å². The number of hydrogen-bond donors (Lipinski definition) is 0. The number of fused-ring (bicyclic) bond motifs is 6. The summed E-state index contributed by atoms with van der Waals surface area (Å²) in [6, 6.07) is 42.2. The van der Waals surface area contributed by atoms with Crippen molar-refractivity contribution in [3.8, 4) is 22.3 Å². The zero-order valence-corrected chi connectivity index (χ0v) is 31.0. The van der Waals surface area contributed by atoms with Gasteiger partial charge in [0.05, 0.1) is 45.3 Å². The third-order valence-electron chi connectivity index (χ3n) is 10.7. The van der Waals surface area contributed by atoms with E-state index >= 15 is 0 Å². The second-order valence-electron chi connectivity index (χ2n) is 13.9. The van der Waals surface area contributed by atoms with E-state index in [2.05, 4.69) is 28.9 Å². The summed E-state index contributed by atoms with van der Waals surface area (Å²) in [5.74, 6) is -0.346. The third-order valence-corrected chi connectivity index (χ3v) is 12.9. The molecule has 0 saturated heterocycles. The molecule has 1 unspecified atom stereocenters. The Kier molecular flexibility index (Phi) is 7.93. The van der Waals surface area contributed by atoms with Crippen LogP contribution in [-0.2, 0) is 12.4 Å². The van der Waals surface area contributed by atoms with Gasteiger partial charge in [-0.2, -0.15) is 26.3 Å². The Labute approximate surface area is 327 Å². The highest BCUT2D eigenvalue weighted by molar-refractivity contribution is 8.00. The molecule has 0 aromatic heterocycles. The molecule has 0 fully saturated rings. The number of alkyl halides is 6. The topological polar surface area (TPSA) is 6.48 Å². The monoisotopic (exact) mass is 786 g/mol. The van der Waals surface area contributed by atoms with Crippen LogP contribution in [0.4, 0.5) is 60.5 Å². The number of hydrogen-bond acceptors (Lipinski definition) is 4. The Morgan fingerprint density at radius 1 is 0.446 bits per heavy atom. The van der Waals surface area contributed by atoms with Crippen molar-refractivity contribution >= 4 is 57.6 Å². The molecule has 0 bridgehead atoms. The van der Waals surface area contributed by atoms with E-state index in [4.69, 9.17) is 0 Å². The lowest BCUT2D eigenvalue weighted by molar-refractivity contribution is -0.138. The molecule has 0 radical (unpaired) electrons. The summed E-state index contributed by atoms with van der Waals surface area (Å²) < 4.78 is 86.8. The second-order valence-corrected chi connectivity index (χ2v) is 16.1. The van der Waals surface area contributed by atoms with Gasteiger partial charge in [-0.05, 0) is 89.5 Å². The molecule has 276 valence electrons. The van der Waals surface area contributed by atoms with Crippen molar-refractivity contribution in [2.75, 3.05) is 9.80 Å². The van der Waals surface area contributed by atoms with Gasteiger partial charge in [0.25, 0.3) is 0 Å². The summed E-state index contributed by atoms with van der Waals surface area (Å²) in [5, 5.41) is 0. The number of nitrogens with zero attached hydrogens (tertiary/aromatic N) is 2. The number of para-hydroxylation sites is 4. The Hall–Kier alpha value is -5.58. The first-order chi connectivity index (χ1) is 27.0. The average Bonchev–Trinajstić information content (AvgIpc) is 3.20. The number of rotatable bonds is 3. The van der Waals surface area contributed by atoms with E-state index in [9.17, 15) is 26.3 Å². The molecule has 0 saturated carbocycles. The van der Waals surface area contributed by atoms with Gasteiger partial charge in [-0.25, -0.2) is 0 Å². The fourth-order valence-electron chi connectivity index (χ4n) is 8.25. The molecule has 10 rings (SSSR count). The molecule has 3 aliphatic rings. The molecular weight excluding hydrogens is 759 g/mol. The normalized spacial score (nSPS) is 15.4. The molecule has 3 aliphatic heterocycles. The van der Waals surface area contributed by atoms with Crippen LogP contribution < -0.4 is 9.80 Å². The Morgan fingerprint density at radius 2 is 0.875 bits per heavy atom. The molecule has 56 heavy (non-hydrogen) atoms. The molecule has 0 aliphatic carbocycles. The molecular formula is C46H28F6N2S2. The minimum Gasteiger partial charge on any atom is -0.307 e. The van der Waals surface area contributed by atoms with E-state index in [1.165, 1.54) is 12.1 Å². The van der Waals surface area contributed by atoms with Gasteiger partial charge in [-0.1, -0.05) is 103 Å². The largest absolute Gasteiger partial charge is 0.416 e. The van der Waals surface area contributed by atoms with E-state index in [1.54, 1.807) is 41.7 Å². The van der Waals surface area contributed by atoms with Gasteiger partial charge in [0, 0.05) is 42.2 Å². The second kappa shape index (κ2) is 12.7. The minimum atomic E-state index is -4.63. The summed E-state index contributed by atoms with van der Waals surface area (Å²) in [6.45, 7) is 2.09. The highest BCUT2D eigenvalue weighted by Crippen LogP contribution is 2.65. The number of halogens is 6. The van der Waals surface area contributed by atoms with Crippen molar-refractivity contribution in [2.24, 2.45) is 0 Å². The average molecular weight is 787 g/mol. The van der Waals surface area contributed by atoms with E-state index in [0.717, 1.165) is 77.7 Å². The first-order valence-electron chi connectivity index (χ1n) is 17.9. The highest BCUT2D eigenvalue weighted by Gasteiger charge is 2.42. The lowest BCUT2D eigenvalue weighted by atomic mass is 9.79. The van der Waals surface area contributed by atoms with Gasteiger partial charge in [0.15, 0.2) is 0 Å². The van der Waals surface area contributed by atoms with Crippen molar-refractivity contribution in [2.45, 2.75) is 44.8 Å². The van der Waals surface area contributed by atoms with Crippen LogP contribution >= 0.6 is 23.5 Å². The maximum atomic E-state index is 14.5. The Balaban J connectivity index is 1.41. The molecule has 7 aromatic carbocycles. The minimum absolute atomic E-state index is 0.292. The van der Waals surface area contributed by atoms with Crippen molar-refractivity contribution < 1.29 is 26.3 Å². The highest BCUT2D eigenvalue weighted by atomic mass is 32.2. The van der Waals surface area contributed by atoms with Gasteiger partial charge in [-0.3, -0.25) is 0 Å². The number of anilines is 6. The van der Waals surface area contributed by atoms with Crippen LogP contribution in [0.25, 0.3) is 22.3 Å². The molecule has 0 spiro atoms. The lowest BCUT2D eigenvalue weighted by Crippen LogP contribution is -2.27. The first kappa shape index (κ1) is 34.9. The maximum absolute atomic E-state index is 14.5. The number of benzene rings is 7. The van der Waals surface area contributed by atoms with E-state index in [1.807, 2.05) is 78.9 Å². The summed E-state index contributed by atoms with van der Waals surface area (Å²) in [5.41, 5.74) is 6.53. The van der Waals surface area contributed by atoms with E-state index in [-0.39, 0.29) is 5.92 Å². The van der Waals surface area contributed by atoms with Crippen molar-refractivity contribution in [1.82, 2.24) is 0 Å². The van der Waals surface area contributed by atoms with Gasteiger partial charge < -0.3 is 9.80 Å². The van der Waals surface area contributed by atoms with Gasteiger partial charge in [0.2, 0.25) is 0 Å². The zero-order valence-electron chi connectivity index (χ0n) is 29.4. The predicted octanol–water partition coefficient (Wildman–Crippen LogP) is 15.4. The fraction of sp³-hybridized carbons (Fsp3) is 0.0870. The maximum Gasteiger partial charge on any atom is 0.416 e. The molecule has 1 atom stereocenters. The SMILES string of the molecule is CC1c2cccc3c2N(c2ccccc2S3)c2c(-c3cccc(C(F)(F)F)c3)cc(-c3cccc(C(F)(F)F)c3)c(N3c4ccccc4Sc4ccccc43)c21. The first-order valence-corrected chi connectivity index (χ1v) is 19.5. The predicted molar refractivity (Wildman–Crippen MR) is 212 cm³/mol. The van der Waals surface area contributed by atoms with Crippen molar-refractivity contribution in [3.05, 3.63) is 168 Å². The molecule has 10 heteroatoms. The van der Waals surface area contributed by atoms with Crippen molar-refractivity contribution in [3.63, 3.8) is 0 Å². The van der Waals surface area contributed by atoms with Crippen LogP contribution in [0.2, 0.25) is 0 Å². The van der Waals surface area contributed by atoms with E-state index < -0.39 is 23.5 Å². The van der Waals surface area contributed by atoms with Gasteiger partial charge >= 0.3 is 12.4 Å². The standard InChI is InChI=1S/C46H28F6N2S2/c1-26-31-15-10-22-40-42(31)54(36-18-4-7-21-39(36)56-40)44-33(28-12-9-14-30(24-28)46(50,51)52)25-32(27-11-8-13-29(23-27)45(47,48)49)43(41(26)44)53-34-16-2-5-19-37(34)55-38-20-6-3-17-35(38)53/h2-26H,1H3. The fourth-order valence-corrected chi connectivity index (χ4v) is 10.4. The molecule has 0 amide bonds. The zero-order chi connectivity index (χ0) is 38.5. The summed E-state index contributed by atoms with van der Waals surface area (Å²) in [7, 11) is 0. The van der Waals surface area contributed by atoms with Crippen LogP contribution in [0.3, 0.4) is 0 Å². The smallest absolute Gasteiger partial charge is 0.307 e. The quantitative estimate of drug-likeness (QED) is 0.165. The Morgan fingerprint density at radius 3 is 1.39 bits per heavy atom. The van der Waals surface area contributed by atoms with Gasteiger partial charge in [0.1, 0.15) is 0 Å². The molecule has 2 nitrogen and oxygen atoms in total. The van der Waals surface area contributed by atoms with Gasteiger partial charge in [-0.15, -0.1) is 0 Å². The molecule has 7 aromatic rings. The van der Waals surface area contributed by atoms with Crippen LogP contribution in [-0.4, -0.2) is 0 Å². The summed E-state index contributed by atoms with van der Waals surface area (Å²) in [4.78, 5) is 8.20. The van der Waals surface area contributed by atoms with Crippen LogP contribution in [0.1, 0.15) is 35.1 Å². The van der Waals surface area contributed by atoms with Crippen molar-refractivity contribution in [1.29, 1.82) is 0 Å². The lowest BCUT2D eigenvalue weighted by Gasteiger charge is -2.45. The van der Waals surface area contributed by atoms with E-state index in [0.29, 0.717) is 33.6 Å². The molecule has 3 heterocycles. The third kappa shape index (κ3) is 5.44. The molecule has 0 N–H and O–H groups in total. The Bertz CT molecular complexity index is 2690. The van der Waals surface area contributed by atoms with Crippen LogP contribution in [0.5, 0.6) is 0 Å². The summed E-state index contributed by atoms with van der Waals surface area (Å²) >= 11 is 3.26. The van der Waals surface area contributed by atoms with Crippen LogP contribution in [0.15, 0.2) is 165 Å². The summed E-state index contributed by atoms with van der Waals surface area (Å²) in [6.07, 6.45) is -9.26.